The van der Waals surface area contributed by atoms with Crippen molar-refractivity contribution in [3.05, 3.63) is 18.3 Å². The van der Waals surface area contributed by atoms with Gasteiger partial charge in [0.2, 0.25) is 0 Å². The maximum Gasteiger partial charge on any atom is 0.171 e. The summed E-state index contributed by atoms with van der Waals surface area (Å²) in [6.45, 7) is 1.91. The highest BCUT2D eigenvalue weighted by molar-refractivity contribution is 5.85. The lowest BCUT2D eigenvalue weighted by Crippen LogP contribution is -2.41. The normalized spacial score (nSPS) is 16.9. The predicted octanol–water partition coefficient (Wildman–Crippen LogP) is 1.40. The molecule has 1 saturated heterocycles. The van der Waals surface area contributed by atoms with E-state index in [1.165, 1.54) is 0 Å². The number of hydrogen-bond donors (Lipinski definition) is 2. The summed E-state index contributed by atoms with van der Waals surface area (Å²) < 4.78 is 0. The van der Waals surface area contributed by atoms with Crippen molar-refractivity contribution in [3.63, 3.8) is 0 Å². The second kappa shape index (κ2) is 5.92. The van der Waals surface area contributed by atoms with Gasteiger partial charge in [0.25, 0.3) is 0 Å². The molecule has 2 heterocycles. The van der Waals surface area contributed by atoms with Crippen LogP contribution in [0.15, 0.2) is 18.3 Å². The van der Waals surface area contributed by atoms with Crippen LogP contribution in [0.3, 0.4) is 0 Å². The number of hydrogen-bond acceptors (Lipinski definition) is 4. The molecule has 0 radical (unpaired) electrons. The van der Waals surface area contributed by atoms with Crippen molar-refractivity contribution in [1.82, 2.24) is 10.3 Å². The number of piperidine rings is 1. The quantitative estimate of drug-likeness (QED) is 0.825. The Hall–Kier alpha value is -1.00. The van der Waals surface area contributed by atoms with Gasteiger partial charge in [0, 0.05) is 25.3 Å². The fraction of sp³-hybridized carbons (Fsp3) is 0.545. The van der Waals surface area contributed by atoms with Gasteiger partial charge in [0.05, 0.1) is 0 Å². The lowest BCUT2D eigenvalue weighted by molar-refractivity contribution is 0.429. The molecule has 1 aromatic rings. The van der Waals surface area contributed by atoms with Crippen molar-refractivity contribution in [2.24, 2.45) is 0 Å². The molecule has 2 rings (SSSR count). The molecule has 1 aromatic heterocycles. The van der Waals surface area contributed by atoms with E-state index in [2.05, 4.69) is 15.2 Å². The number of pyridine rings is 1. The highest BCUT2D eigenvalue weighted by Gasteiger charge is 2.20. The first-order valence-corrected chi connectivity index (χ1v) is 5.37. The molecule has 0 spiro atoms. The molecule has 0 unspecified atom stereocenters. The highest BCUT2D eigenvalue weighted by atomic mass is 35.5. The van der Waals surface area contributed by atoms with Crippen LogP contribution in [0, 0.1) is 0 Å². The summed E-state index contributed by atoms with van der Waals surface area (Å²) in [6, 6.07) is 4.04. The van der Waals surface area contributed by atoms with Crippen molar-refractivity contribution < 1.29 is 5.11 Å². The zero-order valence-electron chi connectivity index (χ0n) is 9.39. The molecule has 4 nitrogen and oxygen atoms in total. The Kier molecular flexibility index (Phi) is 4.83. The molecular weight excluding hydrogens is 226 g/mol. The molecule has 5 heteroatoms. The minimum atomic E-state index is 0. The van der Waals surface area contributed by atoms with Crippen molar-refractivity contribution in [2.75, 3.05) is 25.0 Å². The van der Waals surface area contributed by atoms with Crippen LogP contribution in [0.2, 0.25) is 0 Å². The highest BCUT2D eigenvalue weighted by Crippen LogP contribution is 2.26. The Morgan fingerprint density at radius 3 is 2.69 bits per heavy atom. The van der Waals surface area contributed by atoms with E-state index in [0.717, 1.165) is 25.9 Å². The van der Waals surface area contributed by atoms with Gasteiger partial charge in [-0.2, -0.15) is 0 Å². The molecule has 16 heavy (non-hydrogen) atoms. The first-order chi connectivity index (χ1) is 7.31. The average molecular weight is 244 g/mol. The van der Waals surface area contributed by atoms with E-state index >= 15 is 0 Å². The summed E-state index contributed by atoms with van der Waals surface area (Å²) in [5, 5.41) is 12.9. The van der Waals surface area contributed by atoms with Gasteiger partial charge in [0.15, 0.2) is 11.6 Å². The Bertz CT molecular complexity index is 327. The van der Waals surface area contributed by atoms with Crippen LogP contribution in [0.5, 0.6) is 5.75 Å². The van der Waals surface area contributed by atoms with E-state index in [9.17, 15) is 5.11 Å². The van der Waals surface area contributed by atoms with Crippen LogP contribution in [-0.4, -0.2) is 36.3 Å². The molecule has 0 aromatic carbocycles. The zero-order chi connectivity index (χ0) is 10.7. The minimum absolute atomic E-state index is 0. The number of anilines is 1. The predicted molar refractivity (Wildman–Crippen MR) is 67.4 cm³/mol. The van der Waals surface area contributed by atoms with Crippen molar-refractivity contribution >= 4 is 18.2 Å². The van der Waals surface area contributed by atoms with E-state index in [-0.39, 0.29) is 18.2 Å². The van der Waals surface area contributed by atoms with Gasteiger partial charge >= 0.3 is 0 Å². The molecule has 1 fully saturated rings. The van der Waals surface area contributed by atoms with Gasteiger partial charge in [-0.3, -0.25) is 0 Å². The monoisotopic (exact) mass is 243 g/mol. The van der Waals surface area contributed by atoms with Crippen LogP contribution in [0.25, 0.3) is 0 Å². The second-order valence-corrected chi connectivity index (χ2v) is 3.90. The topological polar surface area (TPSA) is 48.4 Å². The van der Waals surface area contributed by atoms with Gasteiger partial charge < -0.3 is 15.3 Å². The van der Waals surface area contributed by atoms with Gasteiger partial charge in [-0.1, -0.05) is 0 Å². The van der Waals surface area contributed by atoms with E-state index in [1.54, 1.807) is 18.3 Å². The Morgan fingerprint density at radius 2 is 2.12 bits per heavy atom. The number of nitrogens with one attached hydrogen (secondary N) is 1. The van der Waals surface area contributed by atoms with Gasteiger partial charge in [-0.15, -0.1) is 12.4 Å². The molecule has 0 amide bonds. The minimum Gasteiger partial charge on any atom is -0.504 e. The van der Waals surface area contributed by atoms with Crippen LogP contribution in [0.4, 0.5) is 5.82 Å². The van der Waals surface area contributed by atoms with E-state index in [0.29, 0.717) is 11.9 Å². The lowest BCUT2D eigenvalue weighted by Gasteiger charge is -2.32. The maximum absolute atomic E-state index is 9.67. The summed E-state index contributed by atoms with van der Waals surface area (Å²) in [5.41, 5.74) is 0. The molecule has 1 aliphatic rings. The average Bonchev–Trinajstić information content (AvgIpc) is 2.30. The fourth-order valence-electron chi connectivity index (χ4n) is 2.01. The summed E-state index contributed by atoms with van der Waals surface area (Å²) >= 11 is 0. The molecule has 0 saturated carbocycles. The molecule has 90 valence electrons. The van der Waals surface area contributed by atoms with Crippen LogP contribution in [-0.2, 0) is 0 Å². The smallest absolute Gasteiger partial charge is 0.171 e. The first kappa shape index (κ1) is 13.1. The van der Waals surface area contributed by atoms with Crippen LogP contribution < -0.4 is 10.2 Å². The summed E-state index contributed by atoms with van der Waals surface area (Å²) in [7, 11) is 2.00. The molecule has 0 aliphatic carbocycles. The van der Waals surface area contributed by atoms with Crippen molar-refractivity contribution in [3.8, 4) is 5.75 Å². The third kappa shape index (κ3) is 2.77. The Balaban J connectivity index is 0.00000128. The maximum atomic E-state index is 9.67. The van der Waals surface area contributed by atoms with E-state index in [4.69, 9.17) is 0 Å². The zero-order valence-corrected chi connectivity index (χ0v) is 10.2. The third-order valence-electron chi connectivity index (χ3n) is 2.97. The Morgan fingerprint density at radius 1 is 1.44 bits per heavy atom. The Labute approximate surface area is 102 Å². The standard InChI is InChI=1S/C11H17N3O.ClH/c1-12-9-4-7-14(8-5-9)11-10(15)3-2-6-13-11;/h2-3,6,9,12,15H,4-5,7-8H2,1H3;1H. The fourth-order valence-corrected chi connectivity index (χ4v) is 2.01. The number of aromatic nitrogens is 1. The van der Waals surface area contributed by atoms with Gasteiger partial charge in [0.1, 0.15) is 0 Å². The first-order valence-electron chi connectivity index (χ1n) is 5.37. The van der Waals surface area contributed by atoms with E-state index in [1.807, 2.05) is 7.05 Å². The van der Waals surface area contributed by atoms with Crippen molar-refractivity contribution in [2.45, 2.75) is 18.9 Å². The van der Waals surface area contributed by atoms with Crippen LogP contribution in [0.1, 0.15) is 12.8 Å². The molecule has 2 N–H and O–H groups in total. The molecular formula is C11H18ClN3O. The number of nitrogens with zero attached hydrogens (tertiary/aromatic N) is 2. The van der Waals surface area contributed by atoms with E-state index < -0.39 is 0 Å². The number of aromatic hydroxyl groups is 1. The lowest BCUT2D eigenvalue weighted by atomic mass is 10.1. The van der Waals surface area contributed by atoms with Crippen molar-refractivity contribution in [1.29, 1.82) is 0 Å². The number of rotatable bonds is 2. The van der Waals surface area contributed by atoms with Gasteiger partial charge in [-0.25, -0.2) is 4.98 Å². The summed E-state index contributed by atoms with van der Waals surface area (Å²) in [4.78, 5) is 6.35. The van der Waals surface area contributed by atoms with Gasteiger partial charge in [-0.05, 0) is 32.0 Å². The third-order valence-corrected chi connectivity index (χ3v) is 2.97. The summed E-state index contributed by atoms with van der Waals surface area (Å²) in [6.07, 6.45) is 3.93. The van der Waals surface area contributed by atoms with Crippen LogP contribution >= 0.6 is 12.4 Å². The number of halogens is 1. The molecule has 1 aliphatic heterocycles. The second-order valence-electron chi connectivity index (χ2n) is 3.90. The summed E-state index contributed by atoms with van der Waals surface area (Å²) in [5.74, 6) is 0.993. The molecule has 0 bridgehead atoms. The SMILES string of the molecule is CNC1CCN(c2ncccc2O)CC1.Cl. The molecule has 0 atom stereocenters. The largest absolute Gasteiger partial charge is 0.504 e.